The molecule has 1 fully saturated rings. The Balaban J connectivity index is 1.81. The van der Waals surface area contributed by atoms with Crippen LogP contribution in [0.1, 0.15) is 24.7 Å². The highest BCUT2D eigenvalue weighted by Crippen LogP contribution is 2.30. The first kappa shape index (κ1) is 23.7. The number of carbonyl (C=O) groups is 2. The topological polar surface area (TPSA) is 99.4 Å². The highest BCUT2D eigenvalue weighted by Gasteiger charge is 2.43. The fraction of sp³-hybridized carbons (Fsp3) is 0.421. The predicted octanol–water partition coefficient (Wildman–Crippen LogP) is 2.49. The molecule has 13 heteroatoms. The van der Waals surface area contributed by atoms with Crippen molar-refractivity contribution in [3.63, 3.8) is 0 Å². The van der Waals surface area contributed by atoms with Crippen LogP contribution in [0.5, 0.6) is 5.75 Å². The van der Waals surface area contributed by atoms with Crippen LogP contribution in [0.2, 0.25) is 0 Å². The van der Waals surface area contributed by atoms with Gasteiger partial charge in [-0.2, -0.15) is 13.2 Å². The zero-order valence-corrected chi connectivity index (χ0v) is 18.0. The lowest BCUT2D eigenvalue weighted by Gasteiger charge is -2.32. The number of halogens is 3. The number of tetrazole rings is 1. The molecule has 1 aromatic carbocycles. The average molecular weight is 471 g/mol. The van der Waals surface area contributed by atoms with Gasteiger partial charge < -0.3 is 9.57 Å². The zero-order valence-electron chi connectivity index (χ0n) is 17.2. The lowest BCUT2D eigenvalue weighted by molar-refractivity contribution is -0.238. The van der Waals surface area contributed by atoms with E-state index < -0.39 is 12.1 Å². The second-order valence-electron chi connectivity index (χ2n) is 6.89. The summed E-state index contributed by atoms with van der Waals surface area (Å²) in [5.41, 5.74) is 1.47. The Morgan fingerprint density at radius 3 is 2.62 bits per heavy atom. The summed E-state index contributed by atoms with van der Waals surface area (Å²) in [6.45, 7) is 1.70. The molecule has 9 nitrogen and oxygen atoms in total. The number of aromatic nitrogens is 4. The number of piperidine rings is 1. The van der Waals surface area contributed by atoms with E-state index in [1.807, 2.05) is 12.1 Å². The van der Waals surface area contributed by atoms with Crippen LogP contribution in [0.25, 0.3) is 6.08 Å². The third-order valence-electron chi connectivity index (χ3n) is 4.53. The molecule has 0 aliphatic carbocycles. The number of nitrogens with zero attached hydrogens (tertiary/aromatic N) is 5. The molecule has 0 radical (unpaired) electrons. The summed E-state index contributed by atoms with van der Waals surface area (Å²) < 4.78 is 44.3. The lowest BCUT2D eigenvalue weighted by atomic mass is 10.1. The molecule has 3 rings (SSSR count). The Hall–Kier alpha value is -2.93. The summed E-state index contributed by atoms with van der Waals surface area (Å²) in [7, 11) is 1.57. The number of hydrogen-bond acceptors (Lipinski definition) is 9. The van der Waals surface area contributed by atoms with Crippen molar-refractivity contribution in [2.75, 3.05) is 20.2 Å². The molecule has 172 valence electrons. The summed E-state index contributed by atoms with van der Waals surface area (Å²) in [5, 5.41) is 12.1. The van der Waals surface area contributed by atoms with Crippen LogP contribution >= 0.6 is 11.8 Å². The van der Waals surface area contributed by atoms with Gasteiger partial charge in [-0.1, -0.05) is 23.9 Å². The van der Waals surface area contributed by atoms with Crippen molar-refractivity contribution in [2.24, 2.45) is 0 Å². The summed E-state index contributed by atoms with van der Waals surface area (Å²) in [5.74, 6) is -1.24. The molecule has 1 unspecified atom stereocenters. The molecule has 0 saturated carbocycles. The molecule has 2 heterocycles. The summed E-state index contributed by atoms with van der Waals surface area (Å²) in [6, 6.07) is 7.30. The average Bonchev–Trinajstić information content (AvgIpc) is 3.16. The van der Waals surface area contributed by atoms with Gasteiger partial charge >= 0.3 is 12.1 Å². The number of alkyl halides is 3. The van der Waals surface area contributed by atoms with Gasteiger partial charge in [0.15, 0.2) is 10.9 Å². The van der Waals surface area contributed by atoms with Gasteiger partial charge in [-0.25, -0.2) is 9.48 Å². The van der Waals surface area contributed by atoms with E-state index in [4.69, 9.17) is 4.74 Å². The second kappa shape index (κ2) is 10.1. The maximum Gasteiger partial charge on any atom is 0.492 e. The number of ether oxygens (including phenoxy) is 1. The minimum Gasteiger partial charge on any atom is -0.497 e. The van der Waals surface area contributed by atoms with E-state index in [-0.39, 0.29) is 23.5 Å². The van der Waals surface area contributed by atoms with Crippen LogP contribution < -0.4 is 4.74 Å². The SMILES string of the molecule is COc1ccc(Cn2nnnc2/C=C2\CN(OC(=O)C(F)(F)F)CCC2SC(C)=O)cc1. The van der Waals surface area contributed by atoms with Crippen LogP contribution in [-0.2, 0) is 21.0 Å². The van der Waals surface area contributed by atoms with Gasteiger partial charge in [0.05, 0.1) is 20.2 Å². The molecule has 0 spiro atoms. The fourth-order valence-electron chi connectivity index (χ4n) is 3.05. The molecule has 1 aliphatic heterocycles. The number of hydrogen-bond donors (Lipinski definition) is 0. The number of hydroxylamine groups is 2. The van der Waals surface area contributed by atoms with Crippen molar-refractivity contribution in [1.82, 2.24) is 25.3 Å². The minimum absolute atomic E-state index is 0.0564. The van der Waals surface area contributed by atoms with Crippen LogP contribution in [-0.4, -0.2) is 68.0 Å². The molecule has 0 amide bonds. The first-order chi connectivity index (χ1) is 15.2. The van der Waals surface area contributed by atoms with E-state index in [0.29, 0.717) is 30.1 Å². The number of benzene rings is 1. The minimum atomic E-state index is -5.10. The summed E-state index contributed by atoms with van der Waals surface area (Å²) in [4.78, 5) is 27.3. The van der Waals surface area contributed by atoms with Crippen LogP contribution in [0.3, 0.4) is 0 Å². The van der Waals surface area contributed by atoms with Crippen LogP contribution in [0.15, 0.2) is 29.8 Å². The van der Waals surface area contributed by atoms with Crippen molar-refractivity contribution in [3.8, 4) is 5.75 Å². The van der Waals surface area contributed by atoms with E-state index in [2.05, 4.69) is 20.4 Å². The maximum absolute atomic E-state index is 12.6. The number of rotatable bonds is 6. The lowest BCUT2D eigenvalue weighted by Crippen LogP contribution is -2.41. The highest BCUT2D eigenvalue weighted by atomic mass is 32.2. The van der Waals surface area contributed by atoms with Gasteiger partial charge in [-0.3, -0.25) is 4.79 Å². The number of methoxy groups -OCH3 is 1. The fourth-order valence-corrected chi connectivity index (χ4v) is 3.97. The van der Waals surface area contributed by atoms with Crippen molar-refractivity contribution >= 4 is 28.9 Å². The van der Waals surface area contributed by atoms with E-state index in [1.54, 1.807) is 25.3 Å². The molecule has 1 aliphatic rings. The van der Waals surface area contributed by atoms with Gasteiger partial charge in [-0.05, 0) is 46.2 Å². The number of thioether (sulfide) groups is 1. The predicted molar refractivity (Wildman–Crippen MR) is 108 cm³/mol. The Kier molecular flexibility index (Phi) is 7.51. The number of carbonyl (C=O) groups excluding carboxylic acids is 2. The maximum atomic E-state index is 12.6. The van der Waals surface area contributed by atoms with Gasteiger partial charge in [-0.15, -0.1) is 10.2 Å². The zero-order chi connectivity index (χ0) is 23.3. The second-order valence-corrected chi connectivity index (χ2v) is 8.27. The third-order valence-corrected chi connectivity index (χ3v) is 5.69. The first-order valence-electron chi connectivity index (χ1n) is 9.46. The van der Waals surface area contributed by atoms with Gasteiger partial charge in [0.25, 0.3) is 0 Å². The van der Waals surface area contributed by atoms with Crippen LogP contribution in [0, 0.1) is 0 Å². The van der Waals surface area contributed by atoms with E-state index in [1.165, 1.54) is 11.6 Å². The standard InChI is InChI=1S/C19H20F3N5O4S/c1-12(28)32-16-7-8-26(31-18(29)19(20,21)22)11-14(16)9-17-23-24-25-27(17)10-13-3-5-15(30-2)6-4-13/h3-6,9,16H,7-8,10-11H2,1-2H3/b14-9+. The Morgan fingerprint density at radius 2 is 2.00 bits per heavy atom. The van der Waals surface area contributed by atoms with Gasteiger partial charge in [0.2, 0.25) is 0 Å². The summed E-state index contributed by atoms with van der Waals surface area (Å²) in [6.07, 6.45) is -3.18. The first-order valence-corrected chi connectivity index (χ1v) is 10.3. The molecule has 1 atom stereocenters. The largest absolute Gasteiger partial charge is 0.497 e. The monoisotopic (exact) mass is 471 g/mol. The van der Waals surface area contributed by atoms with Crippen molar-refractivity contribution in [3.05, 3.63) is 41.2 Å². The molecule has 32 heavy (non-hydrogen) atoms. The smallest absolute Gasteiger partial charge is 0.492 e. The van der Waals surface area contributed by atoms with E-state index in [9.17, 15) is 22.8 Å². The van der Waals surface area contributed by atoms with Gasteiger partial charge in [0, 0.05) is 18.7 Å². The molecule has 2 aromatic rings. The van der Waals surface area contributed by atoms with Crippen molar-refractivity contribution < 1.29 is 32.3 Å². The summed E-state index contributed by atoms with van der Waals surface area (Å²) >= 11 is 1.06. The van der Waals surface area contributed by atoms with E-state index in [0.717, 1.165) is 22.4 Å². The Labute approximate surface area is 185 Å². The van der Waals surface area contributed by atoms with E-state index >= 15 is 0 Å². The molecule has 1 saturated heterocycles. The highest BCUT2D eigenvalue weighted by molar-refractivity contribution is 8.14. The molecular formula is C19H20F3N5O4S. The molecular weight excluding hydrogens is 451 g/mol. The normalized spacial score (nSPS) is 18.5. The third kappa shape index (κ3) is 6.29. The molecule has 0 bridgehead atoms. The van der Waals surface area contributed by atoms with Crippen LogP contribution in [0.4, 0.5) is 13.2 Å². The van der Waals surface area contributed by atoms with Crippen molar-refractivity contribution in [1.29, 1.82) is 0 Å². The molecule has 0 N–H and O–H groups in total. The quantitative estimate of drug-likeness (QED) is 0.629. The van der Waals surface area contributed by atoms with Crippen molar-refractivity contribution in [2.45, 2.75) is 31.3 Å². The Morgan fingerprint density at radius 1 is 1.28 bits per heavy atom. The Bertz CT molecular complexity index is 994. The van der Waals surface area contributed by atoms with Gasteiger partial charge in [0.1, 0.15) is 5.75 Å². The molecule has 1 aromatic heterocycles.